The monoisotopic (exact) mass is 273 g/mol. The molecular weight excluding hydrogens is 258 g/mol. The summed E-state index contributed by atoms with van der Waals surface area (Å²) in [7, 11) is 0. The first-order chi connectivity index (χ1) is 9.22. The Bertz CT molecular complexity index is 603. The van der Waals surface area contributed by atoms with E-state index in [1.165, 1.54) is 0 Å². The van der Waals surface area contributed by atoms with Gasteiger partial charge in [-0.3, -0.25) is 0 Å². The normalized spacial score (nSPS) is 12.1. The highest BCUT2D eigenvalue weighted by Crippen LogP contribution is 2.31. The summed E-state index contributed by atoms with van der Waals surface area (Å²) < 4.78 is 5.94. The van der Waals surface area contributed by atoms with Gasteiger partial charge in [0.05, 0.1) is 6.54 Å². The second kappa shape index (κ2) is 6.47. The van der Waals surface area contributed by atoms with E-state index in [-0.39, 0.29) is 6.10 Å². The lowest BCUT2D eigenvalue weighted by atomic mass is 10.1. The number of nitrogens with one attached hydrogen (secondary N) is 1. The molecule has 0 aliphatic carbocycles. The fourth-order valence-corrected chi connectivity index (χ4v) is 2.17. The van der Waals surface area contributed by atoms with Crippen LogP contribution in [0.5, 0.6) is 5.75 Å². The highest BCUT2D eigenvalue weighted by molar-refractivity contribution is 6.35. The maximum Gasteiger partial charge on any atom is 0.127 e. The van der Waals surface area contributed by atoms with Crippen molar-refractivity contribution < 1.29 is 4.74 Å². The van der Waals surface area contributed by atoms with Crippen molar-refractivity contribution in [1.82, 2.24) is 5.32 Å². The van der Waals surface area contributed by atoms with Gasteiger partial charge in [-0.15, -0.1) is 6.42 Å². The van der Waals surface area contributed by atoms with Crippen molar-refractivity contribution in [2.75, 3.05) is 13.1 Å². The summed E-state index contributed by atoms with van der Waals surface area (Å²) in [6.07, 6.45) is 5.23. The molecule has 0 amide bonds. The van der Waals surface area contributed by atoms with E-state index in [1.54, 1.807) is 0 Å². The molecular formula is C16H16ClNO. The average molecular weight is 274 g/mol. The molecule has 1 atom stereocenters. The van der Waals surface area contributed by atoms with Gasteiger partial charge in [-0.1, -0.05) is 41.8 Å². The van der Waals surface area contributed by atoms with Crippen LogP contribution in [0.3, 0.4) is 0 Å². The van der Waals surface area contributed by atoms with Gasteiger partial charge in [-0.05, 0) is 19.1 Å². The van der Waals surface area contributed by atoms with Gasteiger partial charge in [0, 0.05) is 22.3 Å². The molecule has 0 bridgehead atoms. The summed E-state index contributed by atoms with van der Waals surface area (Å²) in [6.45, 7) is 3.27. The zero-order valence-corrected chi connectivity index (χ0v) is 11.6. The van der Waals surface area contributed by atoms with Crippen molar-refractivity contribution in [1.29, 1.82) is 0 Å². The Morgan fingerprint density at radius 2 is 2.00 bits per heavy atom. The SMILES string of the molecule is C#CCNCC(C)Oc1ccc(Cl)c2ccccc12. The molecule has 19 heavy (non-hydrogen) atoms. The largest absolute Gasteiger partial charge is 0.489 e. The Hall–Kier alpha value is -1.69. The Balaban J connectivity index is 2.17. The molecule has 2 nitrogen and oxygen atoms in total. The predicted molar refractivity (Wildman–Crippen MR) is 80.8 cm³/mol. The second-order valence-corrected chi connectivity index (χ2v) is 4.76. The van der Waals surface area contributed by atoms with Gasteiger partial charge in [-0.2, -0.15) is 0 Å². The molecule has 0 saturated heterocycles. The first-order valence-corrected chi connectivity index (χ1v) is 6.58. The third-order valence-corrected chi connectivity index (χ3v) is 3.15. The lowest BCUT2D eigenvalue weighted by molar-refractivity contribution is 0.222. The number of rotatable bonds is 5. The van der Waals surface area contributed by atoms with E-state index in [2.05, 4.69) is 11.2 Å². The summed E-state index contributed by atoms with van der Waals surface area (Å²) in [4.78, 5) is 0. The minimum atomic E-state index is 0.0398. The molecule has 0 radical (unpaired) electrons. The van der Waals surface area contributed by atoms with Crippen LogP contribution >= 0.6 is 11.6 Å². The summed E-state index contributed by atoms with van der Waals surface area (Å²) >= 11 is 6.18. The van der Waals surface area contributed by atoms with Crippen LogP contribution in [-0.4, -0.2) is 19.2 Å². The number of fused-ring (bicyclic) bond motifs is 1. The van der Waals surface area contributed by atoms with Crippen molar-refractivity contribution >= 4 is 22.4 Å². The van der Waals surface area contributed by atoms with Crippen LogP contribution in [-0.2, 0) is 0 Å². The third kappa shape index (κ3) is 3.41. The Morgan fingerprint density at radius 1 is 1.26 bits per heavy atom. The molecule has 2 aromatic rings. The zero-order valence-electron chi connectivity index (χ0n) is 10.8. The van der Waals surface area contributed by atoms with Crippen molar-refractivity contribution in [2.45, 2.75) is 13.0 Å². The van der Waals surface area contributed by atoms with Crippen LogP contribution in [0.2, 0.25) is 5.02 Å². The van der Waals surface area contributed by atoms with Gasteiger partial charge < -0.3 is 10.1 Å². The lowest BCUT2D eigenvalue weighted by Gasteiger charge is -2.16. The van der Waals surface area contributed by atoms with Crippen LogP contribution in [0, 0.1) is 12.3 Å². The molecule has 0 heterocycles. The minimum absolute atomic E-state index is 0.0398. The molecule has 1 N–H and O–H groups in total. The average Bonchev–Trinajstić information content (AvgIpc) is 2.43. The van der Waals surface area contributed by atoms with Crippen molar-refractivity contribution in [2.24, 2.45) is 0 Å². The number of hydrogen-bond donors (Lipinski definition) is 1. The van der Waals surface area contributed by atoms with Crippen molar-refractivity contribution in [3.05, 3.63) is 41.4 Å². The van der Waals surface area contributed by atoms with E-state index in [1.807, 2.05) is 43.3 Å². The molecule has 1 unspecified atom stereocenters. The van der Waals surface area contributed by atoms with E-state index in [4.69, 9.17) is 22.8 Å². The highest BCUT2D eigenvalue weighted by Gasteiger charge is 2.08. The first kappa shape index (κ1) is 13.7. The molecule has 98 valence electrons. The number of terminal acetylenes is 1. The maximum atomic E-state index is 6.18. The number of halogens is 1. The van der Waals surface area contributed by atoms with Gasteiger partial charge in [0.15, 0.2) is 0 Å². The molecule has 0 fully saturated rings. The van der Waals surface area contributed by atoms with Crippen LogP contribution in [0.1, 0.15) is 6.92 Å². The first-order valence-electron chi connectivity index (χ1n) is 6.20. The number of hydrogen-bond acceptors (Lipinski definition) is 2. The molecule has 0 aliphatic heterocycles. The number of ether oxygens (including phenoxy) is 1. The van der Waals surface area contributed by atoms with Crippen LogP contribution in [0.25, 0.3) is 10.8 Å². The maximum absolute atomic E-state index is 6.18. The topological polar surface area (TPSA) is 21.3 Å². The van der Waals surface area contributed by atoms with E-state index < -0.39 is 0 Å². The standard InChI is InChI=1S/C16H16ClNO/c1-3-10-18-11-12(2)19-16-9-8-15(17)13-6-4-5-7-14(13)16/h1,4-9,12,18H,10-11H2,2H3. The van der Waals surface area contributed by atoms with E-state index in [9.17, 15) is 0 Å². The quantitative estimate of drug-likeness (QED) is 0.665. The van der Waals surface area contributed by atoms with Gasteiger partial charge >= 0.3 is 0 Å². The molecule has 3 heteroatoms. The van der Waals surface area contributed by atoms with Gasteiger partial charge in [0.1, 0.15) is 11.9 Å². The highest BCUT2D eigenvalue weighted by atomic mass is 35.5. The Kier molecular flexibility index (Phi) is 4.68. The fourth-order valence-electron chi connectivity index (χ4n) is 1.94. The molecule has 0 aromatic heterocycles. The Labute approximate surface area is 118 Å². The van der Waals surface area contributed by atoms with Crippen LogP contribution < -0.4 is 10.1 Å². The predicted octanol–water partition coefficient (Wildman–Crippen LogP) is 3.48. The minimum Gasteiger partial charge on any atom is -0.489 e. The summed E-state index contributed by atoms with van der Waals surface area (Å²) in [5, 5.41) is 5.90. The van der Waals surface area contributed by atoms with E-state index in [0.29, 0.717) is 13.1 Å². The second-order valence-electron chi connectivity index (χ2n) is 4.35. The van der Waals surface area contributed by atoms with Crippen LogP contribution in [0.4, 0.5) is 0 Å². The summed E-state index contributed by atoms with van der Waals surface area (Å²) in [5.74, 6) is 3.38. The molecule has 0 spiro atoms. The van der Waals surface area contributed by atoms with Crippen molar-refractivity contribution in [3.63, 3.8) is 0 Å². The van der Waals surface area contributed by atoms with Crippen LogP contribution in [0.15, 0.2) is 36.4 Å². The molecule has 2 aromatic carbocycles. The summed E-state index contributed by atoms with van der Waals surface area (Å²) in [5.41, 5.74) is 0. The zero-order chi connectivity index (χ0) is 13.7. The molecule has 0 aliphatic rings. The summed E-state index contributed by atoms with van der Waals surface area (Å²) in [6, 6.07) is 11.7. The Morgan fingerprint density at radius 3 is 2.74 bits per heavy atom. The number of benzene rings is 2. The van der Waals surface area contributed by atoms with Gasteiger partial charge in [-0.25, -0.2) is 0 Å². The fraction of sp³-hybridized carbons (Fsp3) is 0.250. The van der Waals surface area contributed by atoms with Gasteiger partial charge in [0.25, 0.3) is 0 Å². The van der Waals surface area contributed by atoms with E-state index in [0.717, 1.165) is 21.5 Å². The van der Waals surface area contributed by atoms with Crippen molar-refractivity contribution in [3.8, 4) is 18.1 Å². The lowest BCUT2D eigenvalue weighted by Crippen LogP contribution is -2.29. The molecule has 2 rings (SSSR count). The molecule has 0 saturated carbocycles. The smallest absolute Gasteiger partial charge is 0.127 e. The van der Waals surface area contributed by atoms with Gasteiger partial charge in [0.2, 0.25) is 0 Å². The third-order valence-electron chi connectivity index (χ3n) is 2.82. The van der Waals surface area contributed by atoms with E-state index >= 15 is 0 Å².